The summed E-state index contributed by atoms with van der Waals surface area (Å²) in [4.78, 5) is 0. The first-order valence-corrected chi connectivity index (χ1v) is 7.33. The van der Waals surface area contributed by atoms with Crippen LogP contribution in [0.5, 0.6) is 0 Å². The number of hydrogen-bond donors (Lipinski definition) is 1. The van der Waals surface area contributed by atoms with Crippen molar-refractivity contribution in [2.24, 2.45) is 0 Å². The van der Waals surface area contributed by atoms with Gasteiger partial charge in [-0.2, -0.15) is 0 Å². The molecule has 3 aliphatic rings. The molecule has 0 bridgehead atoms. The number of hydrogen-bond acceptors (Lipinski definition) is 6. The lowest BCUT2D eigenvalue weighted by atomic mass is 9.86. The molecule has 120 valence electrons. The maximum absolute atomic E-state index is 11.1. The van der Waals surface area contributed by atoms with Gasteiger partial charge in [-0.05, 0) is 34.1 Å². The van der Waals surface area contributed by atoms with Gasteiger partial charge in [0, 0.05) is 0 Å². The Balaban J connectivity index is 1.84. The van der Waals surface area contributed by atoms with Crippen LogP contribution in [0, 0.1) is 0 Å². The summed E-state index contributed by atoms with van der Waals surface area (Å²) in [6.45, 7) is 11.4. The third-order valence-electron chi connectivity index (χ3n) is 4.16. The number of fused-ring (bicyclic) bond motifs is 1. The SMILES string of the molecule is C=CC[C@]1(O)[C@H](C2COC(C)(C)O2)O[C@@H]2OC(C)(C)O[C@@H]21. The van der Waals surface area contributed by atoms with Crippen molar-refractivity contribution in [3.63, 3.8) is 0 Å². The van der Waals surface area contributed by atoms with E-state index in [9.17, 15) is 5.11 Å². The molecule has 0 amide bonds. The number of aliphatic hydroxyl groups is 1. The molecule has 0 spiro atoms. The molecule has 1 N–H and O–H groups in total. The van der Waals surface area contributed by atoms with Crippen LogP contribution in [-0.4, -0.2) is 53.5 Å². The molecule has 1 unspecified atom stereocenters. The molecule has 5 atom stereocenters. The van der Waals surface area contributed by atoms with Crippen LogP contribution < -0.4 is 0 Å². The van der Waals surface area contributed by atoms with Gasteiger partial charge in [-0.15, -0.1) is 6.58 Å². The molecule has 3 heterocycles. The highest BCUT2D eigenvalue weighted by Crippen LogP contribution is 2.47. The second kappa shape index (κ2) is 4.75. The monoisotopic (exact) mass is 300 g/mol. The molecule has 0 aliphatic carbocycles. The maximum Gasteiger partial charge on any atom is 0.190 e. The highest BCUT2D eigenvalue weighted by Gasteiger charge is 2.65. The lowest BCUT2D eigenvalue weighted by Gasteiger charge is -2.35. The summed E-state index contributed by atoms with van der Waals surface area (Å²) in [5, 5.41) is 11.1. The lowest BCUT2D eigenvalue weighted by Crippen LogP contribution is -2.53. The highest BCUT2D eigenvalue weighted by atomic mass is 16.8. The van der Waals surface area contributed by atoms with Gasteiger partial charge in [-0.1, -0.05) is 6.08 Å². The molecule has 3 saturated heterocycles. The Labute approximate surface area is 125 Å². The quantitative estimate of drug-likeness (QED) is 0.793. The smallest absolute Gasteiger partial charge is 0.190 e. The highest BCUT2D eigenvalue weighted by molar-refractivity contribution is 5.10. The topological polar surface area (TPSA) is 66.4 Å². The fourth-order valence-electron chi connectivity index (χ4n) is 3.33. The van der Waals surface area contributed by atoms with Crippen LogP contribution in [0.3, 0.4) is 0 Å². The van der Waals surface area contributed by atoms with E-state index in [2.05, 4.69) is 6.58 Å². The molecule has 6 nitrogen and oxygen atoms in total. The first-order valence-electron chi connectivity index (χ1n) is 7.33. The van der Waals surface area contributed by atoms with Crippen molar-refractivity contribution >= 4 is 0 Å². The van der Waals surface area contributed by atoms with Gasteiger partial charge in [0.25, 0.3) is 0 Å². The largest absolute Gasteiger partial charge is 0.384 e. The van der Waals surface area contributed by atoms with Crippen LogP contribution in [-0.2, 0) is 23.7 Å². The second-order valence-electron chi connectivity index (χ2n) is 6.83. The average molecular weight is 300 g/mol. The van der Waals surface area contributed by atoms with Gasteiger partial charge in [-0.3, -0.25) is 0 Å². The Morgan fingerprint density at radius 1 is 1.10 bits per heavy atom. The third kappa shape index (κ3) is 2.54. The molecule has 0 saturated carbocycles. The predicted octanol–water partition coefficient (Wildman–Crippen LogP) is 1.32. The number of ether oxygens (including phenoxy) is 5. The fraction of sp³-hybridized carbons (Fsp3) is 0.867. The van der Waals surface area contributed by atoms with Crippen molar-refractivity contribution in [2.75, 3.05) is 6.61 Å². The predicted molar refractivity (Wildman–Crippen MR) is 73.4 cm³/mol. The molecular weight excluding hydrogens is 276 g/mol. The Morgan fingerprint density at radius 3 is 2.38 bits per heavy atom. The molecule has 3 fully saturated rings. The van der Waals surface area contributed by atoms with E-state index in [1.165, 1.54) is 0 Å². The molecule has 3 aliphatic heterocycles. The molecule has 6 heteroatoms. The zero-order chi connectivity index (χ0) is 15.5. The Hall–Kier alpha value is -0.500. The van der Waals surface area contributed by atoms with E-state index in [0.717, 1.165) is 0 Å². The lowest BCUT2D eigenvalue weighted by molar-refractivity contribution is -0.247. The summed E-state index contributed by atoms with van der Waals surface area (Å²) in [6.07, 6.45) is -0.133. The summed E-state index contributed by atoms with van der Waals surface area (Å²) >= 11 is 0. The zero-order valence-corrected chi connectivity index (χ0v) is 13.0. The number of rotatable bonds is 3. The van der Waals surface area contributed by atoms with Gasteiger partial charge in [0.05, 0.1) is 6.61 Å². The van der Waals surface area contributed by atoms with E-state index in [1.807, 2.05) is 13.8 Å². The molecule has 0 aromatic carbocycles. The summed E-state index contributed by atoms with van der Waals surface area (Å²) in [7, 11) is 0. The summed E-state index contributed by atoms with van der Waals surface area (Å²) < 4.78 is 28.9. The minimum absolute atomic E-state index is 0.332. The minimum Gasteiger partial charge on any atom is -0.384 e. The van der Waals surface area contributed by atoms with Crippen molar-refractivity contribution in [1.82, 2.24) is 0 Å². The molecule has 0 aromatic heterocycles. The van der Waals surface area contributed by atoms with Crippen LogP contribution in [0.4, 0.5) is 0 Å². The molecule has 21 heavy (non-hydrogen) atoms. The van der Waals surface area contributed by atoms with Crippen molar-refractivity contribution in [2.45, 2.75) is 75.9 Å². The molecule has 0 aromatic rings. The van der Waals surface area contributed by atoms with Crippen LogP contribution in [0.25, 0.3) is 0 Å². The van der Waals surface area contributed by atoms with E-state index in [0.29, 0.717) is 13.0 Å². The summed E-state index contributed by atoms with van der Waals surface area (Å²) in [6, 6.07) is 0. The van der Waals surface area contributed by atoms with E-state index < -0.39 is 35.7 Å². The molecule has 0 radical (unpaired) electrons. The van der Waals surface area contributed by atoms with E-state index in [-0.39, 0.29) is 6.10 Å². The van der Waals surface area contributed by atoms with Crippen LogP contribution in [0.1, 0.15) is 34.1 Å². The second-order valence-corrected chi connectivity index (χ2v) is 6.83. The van der Waals surface area contributed by atoms with E-state index >= 15 is 0 Å². The fourth-order valence-corrected chi connectivity index (χ4v) is 3.33. The zero-order valence-electron chi connectivity index (χ0n) is 13.0. The van der Waals surface area contributed by atoms with Gasteiger partial charge in [0.1, 0.15) is 23.9 Å². The molecule has 3 rings (SSSR count). The van der Waals surface area contributed by atoms with Crippen molar-refractivity contribution in [3.05, 3.63) is 12.7 Å². The first kappa shape index (κ1) is 15.4. The third-order valence-corrected chi connectivity index (χ3v) is 4.16. The van der Waals surface area contributed by atoms with Crippen molar-refractivity contribution in [3.8, 4) is 0 Å². The molecular formula is C15H24O6. The van der Waals surface area contributed by atoms with Gasteiger partial charge in [-0.25, -0.2) is 0 Å². The van der Waals surface area contributed by atoms with Crippen LogP contribution in [0.2, 0.25) is 0 Å². The van der Waals surface area contributed by atoms with Gasteiger partial charge in [0.2, 0.25) is 0 Å². The van der Waals surface area contributed by atoms with Crippen molar-refractivity contribution in [1.29, 1.82) is 0 Å². The van der Waals surface area contributed by atoms with Crippen molar-refractivity contribution < 1.29 is 28.8 Å². The van der Waals surface area contributed by atoms with Gasteiger partial charge >= 0.3 is 0 Å². The summed E-state index contributed by atoms with van der Waals surface area (Å²) in [5.41, 5.74) is -1.24. The van der Waals surface area contributed by atoms with E-state index in [4.69, 9.17) is 23.7 Å². The Bertz CT molecular complexity index is 434. The standard InChI is InChI=1S/C15H24O6/c1-6-7-15(16)10(9-8-17-13(2,3)19-9)18-12-11(15)20-14(4,5)21-12/h6,9-12,16H,1,7-8H2,2-5H3/t9?,10-,11-,12+,15-/m0/s1. The minimum atomic E-state index is -1.24. The van der Waals surface area contributed by atoms with Crippen LogP contribution >= 0.6 is 0 Å². The van der Waals surface area contributed by atoms with E-state index in [1.54, 1.807) is 19.9 Å². The van der Waals surface area contributed by atoms with Gasteiger partial charge in [0.15, 0.2) is 17.9 Å². The van der Waals surface area contributed by atoms with Gasteiger partial charge < -0.3 is 28.8 Å². The summed E-state index contributed by atoms with van der Waals surface area (Å²) in [5.74, 6) is -1.45. The average Bonchev–Trinajstić information content (AvgIpc) is 2.92. The first-order chi connectivity index (χ1) is 9.67. The maximum atomic E-state index is 11.1. The van der Waals surface area contributed by atoms with Crippen LogP contribution in [0.15, 0.2) is 12.7 Å². The Kier molecular flexibility index (Phi) is 3.48. The Morgan fingerprint density at radius 2 is 1.81 bits per heavy atom. The normalized spacial score (nSPS) is 47.5.